The number of pyridine rings is 2. The Kier molecular flexibility index (Phi) is 6.36. The van der Waals surface area contributed by atoms with Gasteiger partial charge in [-0.15, -0.1) is 0 Å². The van der Waals surface area contributed by atoms with Crippen LogP contribution in [0.4, 0.5) is 4.39 Å². The van der Waals surface area contributed by atoms with E-state index in [0.717, 1.165) is 12.3 Å². The van der Waals surface area contributed by atoms with Gasteiger partial charge in [0.1, 0.15) is 17.1 Å². The molecule has 1 amide bonds. The summed E-state index contributed by atoms with van der Waals surface area (Å²) in [5.74, 6) is -1.96. The molecule has 0 spiro atoms. The van der Waals surface area contributed by atoms with Crippen molar-refractivity contribution >= 4 is 11.9 Å². The standard InChI is InChI=1S/C25H18FN3O4/c26-18-13-20(23(30)28-14-16-8-10-17(11-9-16)25(31)32)24(29-15-18)33-22-7-2-1-5-19(22)21-6-3-4-12-27-21/h1-13,15H,14H2,(H,28,30)(H,31,32). The Labute approximate surface area is 188 Å². The number of benzene rings is 2. The number of carboxylic acids is 1. The van der Waals surface area contributed by atoms with E-state index >= 15 is 0 Å². The molecular weight excluding hydrogens is 425 g/mol. The number of hydrogen-bond acceptors (Lipinski definition) is 5. The van der Waals surface area contributed by atoms with Gasteiger partial charge in [-0.25, -0.2) is 14.2 Å². The number of halogens is 1. The van der Waals surface area contributed by atoms with Gasteiger partial charge in [0.25, 0.3) is 5.91 Å². The van der Waals surface area contributed by atoms with E-state index in [1.807, 2.05) is 24.3 Å². The fourth-order valence-corrected chi connectivity index (χ4v) is 3.11. The molecule has 164 valence electrons. The SMILES string of the molecule is O=C(O)c1ccc(CNC(=O)c2cc(F)cnc2Oc2ccccc2-c2ccccn2)cc1. The summed E-state index contributed by atoms with van der Waals surface area (Å²) in [7, 11) is 0. The first kappa shape index (κ1) is 21.6. The molecule has 33 heavy (non-hydrogen) atoms. The number of nitrogens with zero attached hydrogens (tertiary/aromatic N) is 2. The first-order valence-corrected chi connectivity index (χ1v) is 9.95. The minimum Gasteiger partial charge on any atom is -0.478 e. The van der Waals surface area contributed by atoms with Crippen molar-refractivity contribution in [2.75, 3.05) is 0 Å². The molecular formula is C25H18FN3O4. The summed E-state index contributed by atoms with van der Waals surface area (Å²) in [6.07, 6.45) is 2.63. The molecule has 0 saturated carbocycles. The minimum absolute atomic E-state index is 0.0569. The summed E-state index contributed by atoms with van der Waals surface area (Å²) in [6.45, 7) is 0.110. The quantitative estimate of drug-likeness (QED) is 0.429. The number of amides is 1. The Bertz CT molecular complexity index is 1290. The average Bonchev–Trinajstić information content (AvgIpc) is 2.84. The van der Waals surface area contributed by atoms with Crippen molar-refractivity contribution < 1.29 is 23.8 Å². The fraction of sp³-hybridized carbons (Fsp3) is 0.0400. The van der Waals surface area contributed by atoms with Gasteiger partial charge in [-0.05, 0) is 48.0 Å². The molecule has 8 heteroatoms. The topological polar surface area (TPSA) is 101 Å². The van der Waals surface area contributed by atoms with E-state index in [9.17, 15) is 14.0 Å². The highest BCUT2D eigenvalue weighted by molar-refractivity contribution is 5.96. The maximum Gasteiger partial charge on any atom is 0.335 e. The number of para-hydroxylation sites is 1. The largest absolute Gasteiger partial charge is 0.478 e. The number of aromatic nitrogens is 2. The molecule has 0 aliphatic carbocycles. The lowest BCUT2D eigenvalue weighted by molar-refractivity contribution is 0.0696. The molecule has 4 aromatic rings. The third-order valence-electron chi connectivity index (χ3n) is 4.75. The second-order valence-corrected chi connectivity index (χ2v) is 7.00. The van der Waals surface area contributed by atoms with Gasteiger partial charge in [0.15, 0.2) is 0 Å². The van der Waals surface area contributed by atoms with Crippen molar-refractivity contribution in [3.05, 3.63) is 108 Å². The van der Waals surface area contributed by atoms with E-state index in [1.54, 1.807) is 36.5 Å². The van der Waals surface area contributed by atoms with Crippen LogP contribution in [0.3, 0.4) is 0 Å². The van der Waals surface area contributed by atoms with Crippen molar-refractivity contribution in [3.63, 3.8) is 0 Å². The zero-order chi connectivity index (χ0) is 23.2. The molecule has 0 fully saturated rings. The molecule has 0 atom stereocenters. The van der Waals surface area contributed by atoms with Crippen molar-refractivity contribution in [1.29, 1.82) is 0 Å². The zero-order valence-corrected chi connectivity index (χ0v) is 17.2. The van der Waals surface area contributed by atoms with E-state index in [2.05, 4.69) is 15.3 Å². The number of ether oxygens (including phenoxy) is 1. The van der Waals surface area contributed by atoms with Gasteiger partial charge in [0.2, 0.25) is 5.88 Å². The van der Waals surface area contributed by atoms with Crippen molar-refractivity contribution in [2.24, 2.45) is 0 Å². The summed E-state index contributed by atoms with van der Waals surface area (Å²) in [5, 5.41) is 11.7. The summed E-state index contributed by atoms with van der Waals surface area (Å²) >= 11 is 0. The molecule has 0 unspecified atom stereocenters. The lowest BCUT2D eigenvalue weighted by atomic mass is 10.1. The van der Waals surface area contributed by atoms with Crippen molar-refractivity contribution in [3.8, 4) is 22.9 Å². The van der Waals surface area contributed by atoms with Crippen LogP contribution in [0.25, 0.3) is 11.3 Å². The predicted octanol–water partition coefficient (Wildman–Crippen LogP) is 4.70. The summed E-state index contributed by atoms with van der Waals surface area (Å²) < 4.78 is 19.8. The molecule has 0 aliphatic rings. The second-order valence-electron chi connectivity index (χ2n) is 7.00. The normalized spacial score (nSPS) is 10.5. The van der Waals surface area contributed by atoms with Crippen LogP contribution < -0.4 is 10.1 Å². The Morgan fingerprint density at radius 1 is 0.970 bits per heavy atom. The van der Waals surface area contributed by atoms with Crippen LogP contribution >= 0.6 is 0 Å². The minimum atomic E-state index is -1.04. The number of rotatable bonds is 7. The number of nitrogens with one attached hydrogen (secondary N) is 1. The Morgan fingerprint density at radius 3 is 2.45 bits per heavy atom. The van der Waals surface area contributed by atoms with Crippen molar-refractivity contribution in [2.45, 2.75) is 6.54 Å². The van der Waals surface area contributed by atoms with E-state index < -0.39 is 17.7 Å². The Hall–Kier alpha value is -4.59. The van der Waals surface area contributed by atoms with E-state index in [4.69, 9.17) is 9.84 Å². The van der Waals surface area contributed by atoms with Gasteiger partial charge >= 0.3 is 5.97 Å². The third kappa shape index (κ3) is 5.19. The molecule has 0 saturated heterocycles. The van der Waals surface area contributed by atoms with E-state index in [0.29, 0.717) is 22.6 Å². The first-order chi connectivity index (χ1) is 16.0. The van der Waals surface area contributed by atoms with Crippen LogP contribution in [0.1, 0.15) is 26.3 Å². The zero-order valence-electron chi connectivity index (χ0n) is 17.2. The lowest BCUT2D eigenvalue weighted by Crippen LogP contribution is -2.23. The van der Waals surface area contributed by atoms with Crippen LogP contribution in [0, 0.1) is 5.82 Å². The third-order valence-corrected chi connectivity index (χ3v) is 4.75. The number of hydrogen-bond donors (Lipinski definition) is 2. The highest BCUT2D eigenvalue weighted by atomic mass is 19.1. The Morgan fingerprint density at radius 2 is 1.73 bits per heavy atom. The van der Waals surface area contributed by atoms with Crippen LogP contribution in [-0.2, 0) is 6.54 Å². The van der Waals surface area contributed by atoms with Gasteiger partial charge in [-0.1, -0.05) is 30.3 Å². The van der Waals surface area contributed by atoms with Gasteiger partial charge in [0.05, 0.1) is 17.5 Å². The molecule has 0 radical (unpaired) electrons. The smallest absolute Gasteiger partial charge is 0.335 e. The van der Waals surface area contributed by atoms with Crippen molar-refractivity contribution in [1.82, 2.24) is 15.3 Å². The van der Waals surface area contributed by atoms with Crippen LogP contribution in [0.15, 0.2) is 85.2 Å². The molecule has 2 aromatic carbocycles. The highest BCUT2D eigenvalue weighted by Crippen LogP contribution is 2.32. The van der Waals surface area contributed by atoms with Gasteiger partial charge in [0, 0.05) is 18.3 Å². The summed E-state index contributed by atoms with van der Waals surface area (Å²) in [6, 6.07) is 19.7. The summed E-state index contributed by atoms with van der Waals surface area (Å²) in [4.78, 5) is 32.1. The molecule has 4 rings (SSSR count). The maximum atomic E-state index is 13.9. The molecule has 2 heterocycles. The lowest BCUT2D eigenvalue weighted by Gasteiger charge is -2.13. The predicted molar refractivity (Wildman–Crippen MR) is 119 cm³/mol. The maximum absolute atomic E-state index is 13.9. The molecule has 7 nitrogen and oxygen atoms in total. The monoisotopic (exact) mass is 443 g/mol. The fourth-order valence-electron chi connectivity index (χ4n) is 3.11. The van der Waals surface area contributed by atoms with Crippen LogP contribution in [0.2, 0.25) is 0 Å². The van der Waals surface area contributed by atoms with Gasteiger partial charge in [-0.3, -0.25) is 9.78 Å². The van der Waals surface area contributed by atoms with Crippen LogP contribution in [0.5, 0.6) is 11.6 Å². The van der Waals surface area contributed by atoms with E-state index in [-0.39, 0.29) is 23.6 Å². The second kappa shape index (κ2) is 9.69. The number of carboxylic acid groups (broad SMARTS) is 1. The Balaban J connectivity index is 1.56. The van der Waals surface area contributed by atoms with Crippen LogP contribution in [-0.4, -0.2) is 27.0 Å². The first-order valence-electron chi connectivity index (χ1n) is 9.95. The summed E-state index contributed by atoms with van der Waals surface area (Å²) in [5.41, 5.74) is 2.11. The molecule has 0 aliphatic heterocycles. The van der Waals surface area contributed by atoms with E-state index in [1.165, 1.54) is 12.1 Å². The molecule has 2 N–H and O–H groups in total. The van der Waals surface area contributed by atoms with Gasteiger partial charge in [-0.2, -0.15) is 0 Å². The molecule has 0 bridgehead atoms. The number of carbonyl (C=O) groups is 2. The number of aromatic carboxylic acids is 1. The molecule has 2 aromatic heterocycles. The highest BCUT2D eigenvalue weighted by Gasteiger charge is 2.18. The number of carbonyl (C=O) groups excluding carboxylic acids is 1. The average molecular weight is 443 g/mol. The van der Waals surface area contributed by atoms with Gasteiger partial charge < -0.3 is 15.2 Å².